The summed E-state index contributed by atoms with van der Waals surface area (Å²) in [5.41, 5.74) is -0.491. The zero-order valence-corrected chi connectivity index (χ0v) is 10.3. The van der Waals surface area contributed by atoms with E-state index in [0.717, 1.165) is 0 Å². The lowest BCUT2D eigenvalue weighted by molar-refractivity contribution is 0.0492. The minimum Gasteiger partial charge on any atom is -0.444 e. The summed E-state index contributed by atoms with van der Waals surface area (Å²) in [4.78, 5) is 11.1. The Kier molecular flexibility index (Phi) is 5.62. The van der Waals surface area contributed by atoms with Crippen molar-refractivity contribution in [3.63, 3.8) is 0 Å². The lowest BCUT2D eigenvalue weighted by Gasteiger charge is -2.21. The quantitative estimate of drug-likeness (QED) is 0.610. The summed E-state index contributed by atoms with van der Waals surface area (Å²) in [5, 5.41) is 11.4. The van der Waals surface area contributed by atoms with Gasteiger partial charge in [-0.05, 0) is 20.8 Å². The molecule has 1 atom stereocenters. The first-order valence-corrected chi connectivity index (χ1v) is 5.58. The highest BCUT2D eigenvalue weighted by Crippen LogP contribution is 2.06. The van der Waals surface area contributed by atoms with E-state index in [4.69, 9.17) is 9.84 Å². The predicted octanol–water partition coefficient (Wildman–Crippen LogP) is 1.31. The molecule has 0 aromatic rings. The molecule has 0 rings (SSSR count). The Morgan fingerprint density at radius 3 is 2.46 bits per heavy atom. The maximum absolute atomic E-state index is 11.1. The molecule has 1 unspecified atom stereocenters. The van der Waals surface area contributed by atoms with Crippen molar-refractivity contribution in [2.45, 2.75) is 32.4 Å². The predicted molar refractivity (Wildman–Crippen MR) is 59.1 cm³/mol. The number of carbonyl (C=O) groups is 1. The van der Waals surface area contributed by atoms with Crippen molar-refractivity contribution in [2.75, 3.05) is 11.0 Å². The number of alkyl carbamates (subject to hydrolysis) is 1. The number of alkyl halides is 1. The van der Waals surface area contributed by atoms with E-state index in [1.165, 1.54) is 0 Å². The molecular weight excluding hydrogens is 285 g/mol. The van der Waals surface area contributed by atoms with Gasteiger partial charge in [-0.3, -0.25) is 0 Å². The van der Waals surface area contributed by atoms with Gasteiger partial charge in [-0.2, -0.15) is 0 Å². The standard InChI is InChI=1S/C8H16INO3/c1-8(2,3)13-7(12)10-6(4-9)5-11/h6,11H,4-5H2,1-3H3,(H,10,12). The van der Waals surface area contributed by atoms with E-state index < -0.39 is 11.7 Å². The van der Waals surface area contributed by atoms with Gasteiger partial charge in [0.1, 0.15) is 5.60 Å². The van der Waals surface area contributed by atoms with Crippen LogP contribution >= 0.6 is 22.6 Å². The molecule has 13 heavy (non-hydrogen) atoms. The van der Waals surface area contributed by atoms with Gasteiger partial charge in [0, 0.05) is 4.43 Å². The molecule has 0 spiro atoms. The maximum Gasteiger partial charge on any atom is 0.407 e. The molecule has 4 nitrogen and oxygen atoms in total. The van der Waals surface area contributed by atoms with Crippen LogP contribution in [0.5, 0.6) is 0 Å². The Balaban J connectivity index is 3.86. The van der Waals surface area contributed by atoms with Crippen LogP contribution in [0.2, 0.25) is 0 Å². The number of nitrogens with one attached hydrogen (secondary N) is 1. The fourth-order valence-electron chi connectivity index (χ4n) is 0.607. The number of rotatable bonds is 3. The van der Waals surface area contributed by atoms with Crippen LogP contribution in [0.15, 0.2) is 0 Å². The van der Waals surface area contributed by atoms with Crippen molar-refractivity contribution in [1.82, 2.24) is 5.32 Å². The van der Waals surface area contributed by atoms with Gasteiger partial charge in [0.25, 0.3) is 0 Å². The number of ether oxygens (including phenoxy) is 1. The Bertz CT molecular complexity index is 163. The second-order valence-corrected chi connectivity index (χ2v) is 4.56. The number of hydrogen-bond acceptors (Lipinski definition) is 3. The Hall–Kier alpha value is -0.0400. The summed E-state index contributed by atoms with van der Waals surface area (Å²) in [7, 11) is 0. The average Bonchev–Trinajstić information content (AvgIpc) is 1.96. The van der Waals surface area contributed by atoms with Crippen molar-refractivity contribution in [2.24, 2.45) is 0 Å². The minimum absolute atomic E-state index is 0.0673. The van der Waals surface area contributed by atoms with E-state index in [1.807, 2.05) is 0 Å². The normalized spacial score (nSPS) is 13.6. The molecule has 0 aliphatic carbocycles. The zero-order chi connectivity index (χ0) is 10.5. The molecule has 0 bridgehead atoms. The summed E-state index contributed by atoms with van der Waals surface area (Å²) in [5.74, 6) is 0. The van der Waals surface area contributed by atoms with E-state index in [1.54, 1.807) is 20.8 Å². The van der Waals surface area contributed by atoms with E-state index in [2.05, 4.69) is 27.9 Å². The van der Waals surface area contributed by atoms with Gasteiger partial charge in [-0.25, -0.2) is 4.79 Å². The molecule has 0 aliphatic heterocycles. The van der Waals surface area contributed by atoms with Crippen molar-refractivity contribution in [3.05, 3.63) is 0 Å². The topological polar surface area (TPSA) is 58.6 Å². The van der Waals surface area contributed by atoms with Crippen LogP contribution < -0.4 is 5.32 Å². The van der Waals surface area contributed by atoms with Crippen LogP contribution in [0.3, 0.4) is 0 Å². The molecule has 5 heteroatoms. The van der Waals surface area contributed by atoms with Crippen LogP contribution in [0.1, 0.15) is 20.8 Å². The molecule has 0 aliphatic rings. The van der Waals surface area contributed by atoms with Gasteiger partial charge in [0.05, 0.1) is 12.6 Å². The maximum atomic E-state index is 11.1. The number of aliphatic hydroxyl groups excluding tert-OH is 1. The van der Waals surface area contributed by atoms with Crippen LogP contribution in [-0.2, 0) is 4.74 Å². The first kappa shape index (κ1) is 13.0. The van der Waals surface area contributed by atoms with Gasteiger partial charge >= 0.3 is 6.09 Å². The second-order valence-electron chi connectivity index (χ2n) is 3.68. The first-order valence-electron chi connectivity index (χ1n) is 4.05. The molecule has 2 N–H and O–H groups in total. The molecule has 0 saturated carbocycles. The monoisotopic (exact) mass is 301 g/mol. The van der Waals surface area contributed by atoms with Crippen LogP contribution in [0.4, 0.5) is 4.79 Å². The van der Waals surface area contributed by atoms with Gasteiger partial charge in [0.15, 0.2) is 0 Å². The summed E-state index contributed by atoms with van der Waals surface area (Å²) in [6.45, 7) is 5.32. The van der Waals surface area contributed by atoms with E-state index >= 15 is 0 Å². The number of amides is 1. The van der Waals surface area contributed by atoms with Crippen molar-refractivity contribution in [1.29, 1.82) is 0 Å². The molecule has 0 saturated heterocycles. The lowest BCUT2D eigenvalue weighted by atomic mass is 10.2. The van der Waals surface area contributed by atoms with Crippen LogP contribution in [-0.4, -0.2) is 33.9 Å². The summed E-state index contributed by atoms with van der Waals surface area (Å²) >= 11 is 2.09. The van der Waals surface area contributed by atoms with Crippen molar-refractivity contribution in [3.8, 4) is 0 Å². The summed E-state index contributed by atoms with van der Waals surface area (Å²) in [6.07, 6.45) is -0.483. The average molecular weight is 301 g/mol. The molecule has 78 valence electrons. The van der Waals surface area contributed by atoms with Crippen molar-refractivity contribution >= 4 is 28.7 Å². The fourth-order valence-corrected chi connectivity index (χ4v) is 1.11. The fraction of sp³-hybridized carbons (Fsp3) is 0.875. The van der Waals surface area contributed by atoms with Gasteiger partial charge in [0.2, 0.25) is 0 Å². The smallest absolute Gasteiger partial charge is 0.407 e. The third kappa shape index (κ3) is 7.06. The first-order chi connectivity index (χ1) is 5.89. The van der Waals surface area contributed by atoms with E-state index in [-0.39, 0.29) is 12.6 Å². The molecule has 0 fully saturated rings. The van der Waals surface area contributed by atoms with Crippen molar-refractivity contribution < 1.29 is 14.6 Å². The summed E-state index contributed by atoms with van der Waals surface area (Å²) < 4.78 is 5.67. The zero-order valence-electron chi connectivity index (χ0n) is 8.13. The Morgan fingerprint density at radius 2 is 2.15 bits per heavy atom. The molecule has 0 aromatic carbocycles. The number of aliphatic hydroxyl groups is 1. The van der Waals surface area contributed by atoms with Gasteiger partial charge in [-0.15, -0.1) is 0 Å². The van der Waals surface area contributed by atoms with Crippen LogP contribution in [0, 0.1) is 0 Å². The third-order valence-electron chi connectivity index (χ3n) is 1.13. The number of carbonyl (C=O) groups excluding carboxylic acids is 1. The molecule has 0 heterocycles. The second kappa shape index (κ2) is 5.64. The summed E-state index contributed by atoms with van der Waals surface area (Å²) in [6, 6.07) is -0.226. The largest absolute Gasteiger partial charge is 0.444 e. The molecule has 0 aromatic heterocycles. The number of halogens is 1. The SMILES string of the molecule is CC(C)(C)OC(=O)NC(CO)CI. The Labute approximate surface area is 92.2 Å². The van der Waals surface area contributed by atoms with E-state index in [0.29, 0.717) is 4.43 Å². The highest BCUT2D eigenvalue weighted by atomic mass is 127. The third-order valence-corrected chi connectivity index (χ3v) is 2.19. The van der Waals surface area contributed by atoms with Gasteiger partial charge < -0.3 is 15.2 Å². The van der Waals surface area contributed by atoms with E-state index in [9.17, 15) is 4.79 Å². The molecule has 0 radical (unpaired) electrons. The highest BCUT2D eigenvalue weighted by molar-refractivity contribution is 14.1. The molecular formula is C8H16INO3. The number of hydrogen-bond donors (Lipinski definition) is 2. The lowest BCUT2D eigenvalue weighted by Crippen LogP contribution is -2.41. The van der Waals surface area contributed by atoms with Gasteiger partial charge in [-0.1, -0.05) is 22.6 Å². The Morgan fingerprint density at radius 1 is 1.62 bits per heavy atom. The minimum atomic E-state index is -0.491. The molecule has 1 amide bonds. The highest BCUT2D eigenvalue weighted by Gasteiger charge is 2.18. The van der Waals surface area contributed by atoms with Crippen LogP contribution in [0.25, 0.3) is 0 Å².